The van der Waals surface area contributed by atoms with Gasteiger partial charge in [0.1, 0.15) is 5.75 Å². The summed E-state index contributed by atoms with van der Waals surface area (Å²) in [4.78, 5) is 4.05. The van der Waals surface area contributed by atoms with Crippen molar-refractivity contribution in [3.05, 3.63) is 29.8 Å². The number of benzene rings is 1. The lowest BCUT2D eigenvalue weighted by atomic mass is 10.2. The summed E-state index contributed by atoms with van der Waals surface area (Å²) < 4.78 is 5.52. The highest BCUT2D eigenvalue weighted by molar-refractivity contribution is 14.0. The van der Waals surface area contributed by atoms with E-state index in [2.05, 4.69) is 34.7 Å². The molecule has 4 nitrogen and oxygen atoms in total. The molecular weight excluding hydrogens is 341 g/mol. The monoisotopic (exact) mass is 363 g/mol. The summed E-state index contributed by atoms with van der Waals surface area (Å²) in [6, 6.07) is 8.10. The zero-order chi connectivity index (χ0) is 12.5. The molecule has 102 valence electrons. The number of hydrogen-bond donors (Lipinski definition) is 2. The van der Waals surface area contributed by atoms with E-state index < -0.39 is 0 Å². The van der Waals surface area contributed by atoms with Gasteiger partial charge in [-0.05, 0) is 24.1 Å². The average Bonchev–Trinajstić information content (AvgIpc) is 2.39. The van der Waals surface area contributed by atoms with Crippen molar-refractivity contribution in [2.24, 2.45) is 4.99 Å². The van der Waals surface area contributed by atoms with Crippen molar-refractivity contribution in [3.63, 3.8) is 0 Å². The molecule has 0 amide bonds. The molecule has 1 rings (SSSR count). The van der Waals surface area contributed by atoms with Gasteiger partial charge in [-0.2, -0.15) is 0 Å². The Morgan fingerprint density at radius 1 is 1.28 bits per heavy atom. The molecule has 0 bridgehead atoms. The average molecular weight is 363 g/mol. The lowest BCUT2D eigenvalue weighted by Gasteiger charge is -2.09. The number of nitrogens with zero attached hydrogens (tertiary/aromatic N) is 1. The molecule has 0 radical (unpaired) electrons. The van der Waals surface area contributed by atoms with Gasteiger partial charge in [0.05, 0.1) is 6.61 Å². The van der Waals surface area contributed by atoms with Crippen LogP contribution in [0.4, 0.5) is 0 Å². The molecule has 5 heteroatoms. The van der Waals surface area contributed by atoms with Crippen LogP contribution < -0.4 is 15.4 Å². The normalized spacial score (nSPS) is 10.5. The third-order valence-electron chi connectivity index (χ3n) is 2.32. The predicted octanol–water partition coefficient (Wildman–Crippen LogP) is 2.39. The first kappa shape index (κ1) is 17.0. The summed E-state index contributed by atoms with van der Waals surface area (Å²) in [5.41, 5.74) is 1.20. The van der Waals surface area contributed by atoms with Crippen LogP contribution in [-0.2, 0) is 6.54 Å². The molecule has 0 saturated carbocycles. The first-order chi connectivity index (χ1) is 8.30. The Labute approximate surface area is 126 Å². The van der Waals surface area contributed by atoms with Crippen LogP contribution in [0.3, 0.4) is 0 Å². The van der Waals surface area contributed by atoms with Crippen molar-refractivity contribution in [1.82, 2.24) is 10.6 Å². The fraction of sp³-hybridized carbons (Fsp3) is 0.462. The van der Waals surface area contributed by atoms with E-state index in [4.69, 9.17) is 4.74 Å². The predicted molar refractivity (Wildman–Crippen MR) is 86.9 cm³/mol. The molecule has 0 aliphatic heterocycles. The van der Waals surface area contributed by atoms with E-state index in [0.29, 0.717) is 0 Å². The molecule has 0 saturated heterocycles. The second kappa shape index (κ2) is 9.99. The summed E-state index contributed by atoms with van der Waals surface area (Å²) in [5.74, 6) is 1.71. The molecule has 0 aromatic heterocycles. The van der Waals surface area contributed by atoms with Gasteiger partial charge in [0, 0.05) is 20.6 Å². The molecule has 0 aliphatic rings. The van der Waals surface area contributed by atoms with Crippen LogP contribution in [0.5, 0.6) is 5.75 Å². The van der Waals surface area contributed by atoms with Crippen LogP contribution in [0.15, 0.2) is 29.3 Å². The van der Waals surface area contributed by atoms with Gasteiger partial charge in [-0.3, -0.25) is 4.99 Å². The Kier molecular flexibility index (Phi) is 9.45. The van der Waals surface area contributed by atoms with E-state index >= 15 is 0 Å². The maximum absolute atomic E-state index is 5.52. The van der Waals surface area contributed by atoms with Gasteiger partial charge in [0.2, 0.25) is 0 Å². The van der Waals surface area contributed by atoms with E-state index in [1.807, 2.05) is 19.2 Å². The Balaban J connectivity index is 0.00000289. The second-order valence-corrected chi connectivity index (χ2v) is 3.67. The fourth-order valence-corrected chi connectivity index (χ4v) is 1.39. The summed E-state index contributed by atoms with van der Waals surface area (Å²) in [6.07, 6.45) is 1.03. The molecule has 0 unspecified atom stereocenters. The molecule has 2 N–H and O–H groups in total. The van der Waals surface area contributed by atoms with Gasteiger partial charge in [-0.25, -0.2) is 0 Å². The molecule has 1 aromatic rings. The Morgan fingerprint density at radius 3 is 2.44 bits per heavy atom. The molecule has 0 aliphatic carbocycles. The van der Waals surface area contributed by atoms with Crippen LogP contribution >= 0.6 is 24.0 Å². The number of guanidine groups is 1. The standard InChI is InChI=1S/C13H21N3O.HI/c1-4-9-17-12-7-5-11(6-8-12)10-16-13(14-2)15-3;/h5-8H,4,9-10H2,1-3H3,(H2,14,15,16);1H. The molecular formula is C13H22IN3O. The molecule has 18 heavy (non-hydrogen) atoms. The van der Waals surface area contributed by atoms with E-state index in [-0.39, 0.29) is 24.0 Å². The number of aliphatic imine (C=N–C) groups is 1. The van der Waals surface area contributed by atoms with E-state index in [0.717, 1.165) is 31.3 Å². The fourth-order valence-electron chi connectivity index (χ4n) is 1.39. The third kappa shape index (κ3) is 6.09. The van der Waals surface area contributed by atoms with Crippen molar-refractivity contribution in [2.45, 2.75) is 19.9 Å². The van der Waals surface area contributed by atoms with Crippen molar-refractivity contribution in [2.75, 3.05) is 20.7 Å². The number of rotatable bonds is 5. The lowest BCUT2D eigenvalue weighted by molar-refractivity contribution is 0.317. The maximum atomic E-state index is 5.52. The maximum Gasteiger partial charge on any atom is 0.190 e. The zero-order valence-electron chi connectivity index (χ0n) is 11.2. The van der Waals surface area contributed by atoms with Crippen molar-refractivity contribution >= 4 is 29.9 Å². The van der Waals surface area contributed by atoms with Crippen LogP contribution in [0.1, 0.15) is 18.9 Å². The smallest absolute Gasteiger partial charge is 0.190 e. The summed E-state index contributed by atoms with van der Waals surface area (Å²) in [7, 11) is 3.59. The SMILES string of the molecule is CCCOc1ccc(CNC(=NC)NC)cc1.I. The Morgan fingerprint density at radius 2 is 1.94 bits per heavy atom. The van der Waals surface area contributed by atoms with Gasteiger partial charge in [-0.1, -0.05) is 19.1 Å². The quantitative estimate of drug-likeness (QED) is 0.480. The van der Waals surface area contributed by atoms with Crippen LogP contribution in [-0.4, -0.2) is 26.7 Å². The minimum atomic E-state index is 0. The Hall–Kier alpha value is -0.980. The highest BCUT2D eigenvalue weighted by atomic mass is 127. The third-order valence-corrected chi connectivity index (χ3v) is 2.32. The molecule has 1 aromatic carbocycles. The number of hydrogen-bond acceptors (Lipinski definition) is 2. The number of halogens is 1. The van der Waals surface area contributed by atoms with Crippen LogP contribution in [0, 0.1) is 0 Å². The van der Waals surface area contributed by atoms with E-state index in [1.54, 1.807) is 7.05 Å². The highest BCUT2D eigenvalue weighted by Gasteiger charge is 1.97. The Bertz CT molecular complexity index is 352. The minimum Gasteiger partial charge on any atom is -0.494 e. The number of ether oxygens (including phenoxy) is 1. The van der Waals surface area contributed by atoms with Crippen molar-refractivity contribution in [3.8, 4) is 5.75 Å². The van der Waals surface area contributed by atoms with Crippen LogP contribution in [0.2, 0.25) is 0 Å². The second-order valence-electron chi connectivity index (χ2n) is 3.67. The first-order valence-corrected chi connectivity index (χ1v) is 5.90. The summed E-state index contributed by atoms with van der Waals surface area (Å²) in [5, 5.41) is 6.17. The molecule has 0 heterocycles. The molecule has 0 atom stereocenters. The van der Waals surface area contributed by atoms with Gasteiger partial charge in [0.15, 0.2) is 5.96 Å². The molecule has 0 spiro atoms. The summed E-state index contributed by atoms with van der Waals surface area (Å²) >= 11 is 0. The first-order valence-electron chi connectivity index (χ1n) is 5.90. The van der Waals surface area contributed by atoms with Crippen molar-refractivity contribution in [1.29, 1.82) is 0 Å². The van der Waals surface area contributed by atoms with Crippen molar-refractivity contribution < 1.29 is 4.74 Å². The largest absolute Gasteiger partial charge is 0.494 e. The van der Waals surface area contributed by atoms with Gasteiger partial charge < -0.3 is 15.4 Å². The van der Waals surface area contributed by atoms with Gasteiger partial charge in [0.25, 0.3) is 0 Å². The lowest BCUT2D eigenvalue weighted by Crippen LogP contribution is -2.34. The minimum absolute atomic E-state index is 0. The van der Waals surface area contributed by atoms with Gasteiger partial charge >= 0.3 is 0 Å². The van der Waals surface area contributed by atoms with E-state index in [9.17, 15) is 0 Å². The highest BCUT2D eigenvalue weighted by Crippen LogP contribution is 2.12. The van der Waals surface area contributed by atoms with Crippen LogP contribution in [0.25, 0.3) is 0 Å². The number of nitrogens with one attached hydrogen (secondary N) is 2. The van der Waals surface area contributed by atoms with Gasteiger partial charge in [-0.15, -0.1) is 24.0 Å². The topological polar surface area (TPSA) is 45.6 Å². The summed E-state index contributed by atoms with van der Waals surface area (Å²) in [6.45, 7) is 3.62. The van der Waals surface area contributed by atoms with E-state index in [1.165, 1.54) is 5.56 Å². The zero-order valence-corrected chi connectivity index (χ0v) is 13.5. The molecule has 0 fully saturated rings.